The van der Waals surface area contributed by atoms with Gasteiger partial charge in [0.15, 0.2) is 0 Å². The molecule has 1 aliphatic carbocycles. The normalized spacial score (nSPS) is 26.9. The minimum Gasteiger partial charge on any atom is -0.462 e. The summed E-state index contributed by atoms with van der Waals surface area (Å²) in [4.78, 5) is 10.7. The minimum atomic E-state index is -0.158. The lowest BCUT2D eigenvalue weighted by molar-refractivity contribution is -0.146. The van der Waals surface area contributed by atoms with E-state index in [4.69, 9.17) is 4.74 Å². The first kappa shape index (κ1) is 9.30. The van der Waals surface area contributed by atoms with Gasteiger partial charge in [0.05, 0.1) is 0 Å². The van der Waals surface area contributed by atoms with Crippen molar-refractivity contribution in [1.82, 2.24) is 0 Å². The van der Waals surface area contributed by atoms with Crippen molar-refractivity contribution in [3.8, 4) is 0 Å². The van der Waals surface area contributed by atoms with Crippen molar-refractivity contribution in [2.24, 2.45) is 0 Å². The third kappa shape index (κ3) is 3.56. The van der Waals surface area contributed by atoms with Crippen LogP contribution in [0.2, 0.25) is 0 Å². The van der Waals surface area contributed by atoms with Gasteiger partial charge in [0, 0.05) is 13.3 Å². The second-order valence-corrected chi connectivity index (χ2v) is 3.22. The predicted octanol–water partition coefficient (Wildman–Crippen LogP) is 2.44. The lowest BCUT2D eigenvalue weighted by atomic mass is 10.0. The van der Waals surface area contributed by atoms with Crippen LogP contribution in [0.5, 0.6) is 0 Å². The highest BCUT2D eigenvalue weighted by Crippen LogP contribution is 2.14. The Morgan fingerprint density at radius 3 is 3.00 bits per heavy atom. The average Bonchev–Trinajstić information content (AvgIpc) is 1.93. The number of rotatable bonds is 1. The maximum atomic E-state index is 10.7. The summed E-state index contributed by atoms with van der Waals surface area (Å²) in [6.07, 6.45) is 9.88. The number of hydrogen-bond donors (Lipinski definition) is 0. The number of allylic oxidation sites excluding steroid dienone is 1. The minimum absolute atomic E-state index is 0.124. The second kappa shape index (κ2) is 4.96. The maximum Gasteiger partial charge on any atom is 0.302 e. The lowest BCUT2D eigenvalue weighted by Gasteiger charge is -2.16. The van der Waals surface area contributed by atoms with Crippen LogP contribution in [-0.2, 0) is 9.53 Å². The van der Waals surface area contributed by atoms with Crippen LogP contribution in [0.25, 0.3) is 0 Å². The SMILES string of the molecule is CC(=O)OC1C/C=C\CCCC1. The molecule has 0 amide bonds. The molecule has 0 spiro atoms. The van der Waals surface area contributed by atoms with Crippen LogP contribution in [0, 0.1) is 0 Å². The Hall–Kier alpha value is -0.790. The highest BCUT2D eigenvalue weighted by Gasteiger charge is 2.10. The van der Waals surface area contributed by atoms with Gasteiger partial charge in [0.1, 0.15) is 6.10 Å². The van der Waals surface area contributed by atoms with E-state index < -0.39 is 0 Å². The van der Waals surface area contributed by atoms with Crippen LogP contribution in [-0.4, -0.2) is 12.1 Å². The van der Waals surface area contributed by atoms with E-state index in [1.54, 1.807) is 0 Å². The Kier molecular flexibility index (Phi) is 3.85. The fraction of sp³-hybridized carbons (Fsp3) is 0.700. The first-order chi connectivity index (χ1) is 5.79. The van der Waals surface area contributed by atoms with E-state index in [0.717, 1.165) is 12.8 Å². The van der Waals surface area contributed by atoms with Crippen LogP contribution in [0.3, 0.4) is 0 Å². The van der Waals surface area contributed by atoms with E-state index >= 15 is 0 Å². The van der Waals surface area contributed by atoms with Gasteiger partial charge in [-0.2, -0.15) is 0 Å². The Morgan fingerprint density at radius 2 is 2.25 bits per heavy atom. The van der Waals surface area contributed by atoms with Gasteiger partial charge >= 0.3 is 5.97 Å². The molecule has 1 rings (SSSR count). The number of hydrogen-bond acceptors (Lipinski definition) is 2. The summed E-state index contributed by atoms with van der Waals surface area (Å²) in [5.74, 6) is -0.158. The molecule has 0 aromatic rings. The van der Waals surface area contributed by atoms with Gasteiger partial charge in [-0.3, -0.25) is 4.79 Å². The highest BCUT2D eigenvalue weighted by atomic mass is 16.5. The summed E-state index contributed by atoms with van der Waals surface area (Å²) in [5.41, 5.74) is 0. The summed E-state index contributed by atoms with van der Waals surface area (Å²) in [5, 5.41) is 0. The molecule has 0 fully saturated rings. The number of carbonyl (C=O) groups is 1. The zero-order valence-electron chi connectivity index (χ0n) is 7.58. The Morgan fingerprint density at radius 1 is 1.42 bits per heavy atom. The first-order valence-corrected chi connectivity index (χ1v) is 4.61. The van der Waals surface area contributed by atoms with E-state index in [9.17, 15) is 4.79 Å². The monoisotopic (exact) mass is 168 g/mol. The van der Waals surface area contributed by atoms with Crippen molar-refractivity contribution in [2.75, 3.05) is 0 Å². The van der Waals surface area contributed by atoms with E-state index in [1.165, 1.54) is 26.2 Å². The molecule has 0 radical (unpaired) electrons. The average molecular weight is 168 g/mol. The smallest absolute Gasteiger partial charge is 0.302 e. The van der Waals surface area contributed by atoms with Crippen molar-refractivity contribution in [1.29, 1.82) is 0 Å². The van der Waals surface area contributed by atoms with Gasteiger partial charge in [0.2, 0.25) is 0 Å². The van der Waals surface area contributed by atoms with Crippen LogP contribution in [0.4, 0.5) is 0 Å². The van der Waals surface area contributed by atoms with Crippen LogP contribution >= 0.6 is 0 Å². The van der Waals surface area contributed by atoms with Crippen molar-refractivity contribution in [2.45, 2.75) is 45.1 Å². The van der Waals surface area contributed by atoms with Gasteiger partial charge in [-0.1, -0.05) is 12.2 Å². The highest BCUT2D eigenvalue weighted by molar-refractivity contribution is 5.66. The molecule has 0 aromatic carbocycles. The molecule has 0 heterocycles. The van der Waals surface area contributed by atoms with Crippen molar-refractivity contribution >= 4 is 5.97 Å². The lowest BCUT2D eigenvalue weighted by Crippen LogP contribution is -2.16. The zero-order valence-corrected chi connectivity index (χ0v) is 7.58. The van der Waals surface area contributed by atoms with Crippen LogP contribution in [0.15, 0.2) is 12.2 Å². The molecule has 1 atom stereocenters. The van der Waals surface area contributed by atoms with Gasteiger partial charge < -0.3 is 4.74 Å². The first-order valence-electron chi connectivity index (χ1n) is 4.61. The molecule has 1 unspecified atom stereocenters. The van der Waals surface area contributed by atoms with E-state index in [1.807, 2.05) is 0 Å². The van der Waals surface area contributed by atoms with Crippen LogP contribution in [0.1, 0.15) is 39.0 Å². The molecule has 68 valence electrons. The number of carbonyl (C=O) groups excluding carboxylic acids is 1. The summed E-state index contributed by atoms with van der Waals surface area (Å²) in [7, 11) is 0. The summed E-state index contributed by atoms with van der Waals surface area (Å²) in [6.45, 7) is 1.47. The van der Waals surface area contributed by atoms with Crippen molar-refractivity contribution < 1.29 is 9.53 Å². The summed E-state index contributed by atoms with van der Waals surface area (Å²) in [6, 6.07) is 0. The molecule has 2 nitrogen and oxygen atoms in total. The van der Waals surface area contributed by atoms with Crippen molar-refractivity contribution in [3.05, 3.63) is 12.2 Å². The third-order valence-electron chi connectivity index (χ3n) is 2.05. The second-order valence-electron chi connectivity index (χ2n) is 3.22. The topological polar surface area (TPSA) is 26.3 Å². The molecule has 0 saturated carbocycles. The van der Waals surface area contributed by atoms with E-state index in [-0.39, 0.29) is 12.1 Å². The quantitative estimate of drug-likeness (QED) is 0.444. The third-order valence-corrected chi connectivity index (χ3v) is 2.05. The molecular formula is C10H16O2. The zero-order chi connectivity index (χ0) is 8.81. The molecule has 0 bridgehead atoms. The van der Waals surface area contributed by atoms with Gasteiger partial charge in [-0.25, -0.2) is 0 Å². The summed E-state index contributed by atoms with van der Waals surface area (Å²) >= 11 is 0. The van der Waals surface area contributed by atoms with Gasteiger partial charge in [-0.05, 0) is 25.7 Å². The van der Waals surface area contributed by atoms with Crippen molar-refractivity contribution in [3.63, 3.8) is 0 Å². The number of ether oxygens (including phenoxy) is 1. The Bertz CT molecular complexity index is 173. The molecule has 0 saturated heterocycles. The molecule has 2 heteroatoms. The predicted molar refractivity (Wildman–Crippen MR) is 47.8 cm³/mol. The summed E-state index contributed by atoms with van der Waals surface area (Å²) < 4.78 is 5.14. The largest absolute Gasteiger partial charge is 0.462 e. The molecule has 0 aliphatic heterocycles. The molecule has 0 aromatic heterocycles. The number of esters is 1. The molecule has 1 aliphatic rings. The molecule has 0 N–H and O–H groups in total. The molecular weight excluding hydrogens is 152 g/mol. The fourth-order valence-corrected chi connectivity index (χ4v) is 1.46. The standard InChI is InChI=1S/C10H16O2/c1-9(11)12-10-7-5-3-2-4-6-8-10/h3,5,10H,2,4,6-8H2,1H3/b5-3-. The van der Waals surface area contributed by atoms with E-state index in [0.29, 0.717) is 0 Å². The van der Waals surface area contributed by atoms with Gasteiger partial charge in [-0.15, -0.1) is 0 Å². The Balaban J connectivity index is 2.35. The van der Waals surface area contributed by atoms with Gasteiger partial charge in [0.25, 0.3) is 0 Å². The Labute approximate surface area is 73.6 Å². The maximum absolute atomic E-state index is 10.7. The molecule has 12 heavy (non-hydrogen) atoms. The fourth-order valence-electron chi connectivity index (χ4n) is 1.46. The van der Waals surface area contributed by atoms with E-state index in [2.05, 4.69) is 12.2 Å². The van der Waals surface area contributed by atoms with Crippen LogP contribution < -0.4 is 0 Å².